The molecule has 0 saturated heterocycles. The first-order chi connectivity index (χ1) is 7.82. The topological polar surface area (TPSA) is 141 Å². The molecular weight excluding hydrogens is 244 g/mol. The first kappa shape index (κ1) is 13.3. The fourth-order valence-electron chi connectivity index (χ4n) is 1.27. The Hall–Kier alpha value is -1.80. The van der Waals surface area contributed by atoms with Gasteiger partial charge in [-0.3, -0.25) is 4.79 Å². The van der Waals surface area contributed by atoms with E-state index in [1.807, 2.05) is 0 Å². The summed E-state index contributed by atoms with van der Waals surface area (Å²) in [6, 6.07) is 4.40. The lowest BCUT2D eigenvalue weighted by molar-refractivity contribution is -0.117. The lowest BCUT2D eigenvalue weighted by Crippen LogP contribution is -2.18. The maximum atomic E-state index is 11.2. The number of para-hydroxylation sites is 1. The van der Waals surface area contributed by atoms with Crippen LogP contribution in [0.5, 0.6) is 0 Å². The number of sulfonamides is 1. The van der Waals surface area contributed by atoms with Crippen LogP contribution in [-0.4, -0.2) is 20.9 Å². The first-order valence-corrected chi connectivity index (χ1v) is 6.30. The summed E-state index contributed by atoms with van der Waals surface area (Å²) < 4.78 is 22.4. The van der Waals surface area contributed by atoms with E-state index in [2.05, 4.69) is 5.32 Å². The Morgan fingerprint density at radius 3 is 2.53 bits per heavy atom. The van der Waals surface area contributed by atoms with Gasteiger partial charge in [0.2, 0.25) is 15.9 Å². The Balaban J connectivity index is 2.92. The third-order valence-corrected chi connectivity index (χ3v) is 3.03. The number of nitrogens with two attached hydrogens (primary N) is 3. The highest BCUT2D eigenvalue weighted by atomic mass is 32.2. The molecule has 7 N–H and O–H groups in total. The summed E-state index contributed by atoms with van der Waals surface area (Å²) in [4.78, 5) is 10.4. The van der Waals surface area contributed by atoms with Crippen molar-refractivity contribution in [1.82, 2.24) is 0 Å². The van der Waals surface area contributed by atoms with Crippen molar-refractivity contribution in [2.45, 2.75) is 11.3 Å². The lowest BCUT2D eigenvalue weighted by Gasteiger charge is -2.11. The van der Waals surface area contributed by atoms with Crippen molar-refractivity contribution in [2.24, 2.45) is 10.9 Å². The molecule has 0 aliphatic heterocycles. The largest absolute Gasteiger partial charge is 0.396 e. The van der Waals surface area contributed by atoms with Gasteiger partial charge < -0.3 is 16.8 Å². The van der Waals surface area contributed by atoms with Crippen LogP contribution in [0.2, 0.25) is 0 Å². The minimum Gasteiger partial charge on any atom is -0.396 e. The summed E-state index contributed by atoms with van der Waals surface area (Å²) in [5.74, 6) is -0.460. The average Bonchev–Trinajstić information content (AvgIpc) is 2.18. The van der Waals surface area contributed by atoms with E-state index in [-0.39, 0.29) is 23.5 Å². The molecule has 0 unspecified atom stereocenters. The van der Waals surface area contributed by atoms with Crippen molar-refractivity contribution in [3.05, 3.63) is 18.2 Å². The molecule has 0 bridgehead atoms. The second kappa shape index (κ2) is 5.02. The van der Waals surface area contributed by atoms with Crippen molar-refractivity contribution in [2.75, 3.05) is 17.6 Å². The first-order valence-electron chi connectivity index (χ1n) is 4.76. The number of nitrogen functional groups attached to an aromatic ring is 1. The van der Waals surface area contributed by atoms with Gasteiger partial charge in [-0.25, -0.2) is 13.6 Å². The number of anilines is 2. The SMILES string of the molecule is NC(=O)CCNc1cccc(S(N)(=O)=O)c1N. The molecule has 0 heterocycles. The van der Waals surface area contributed by atoms with E-state index in [0.717, 1.165) is 0 Å². The molecule has 1 amide bonds. The molecule has 1 aromatic rings. The molecule has 0 aliphatic rings. The van der Waals surface area contributed by atoms with Crippen LogP contribution in [0.3, 0.4) is 0 Å². The number of nitrogens with one attached hydrogen (secondary N) is 1. The predicted molar refractivity (Wildman–Crippen MR) is 64.5 cm³/mol. The smallest absolute Gasteiger partial charge is 0.240 e. The summed E-state index contributed by atoms with van der Waals surface area (Å²) >= 11 is 0. The molecule has 94 valence electrons. The van der Waals surface area contributed by atoms with Gasteiger partial charge in [0.05, 0.1) is 11.4 Å². The number of rotatable bonds is 5. The minimum absolute atomic E-state index is 0.0273. The van der Waals surface area contributed by atoms with Gasteiger partial charge in [0, 0.05) is 13.0 Å². The number of carbonyl (C=O) groups is 1. The van der Waals surface area contributed by atoms with Gasteiger partial charge in [0.15, 0.2) is 0 Å². The molecule has 0 saturated carbocycles. The van der Waals surface area contributed by atoms with E-state index >= 15 is 0 Å². The number of carbonyl (C=O) groups excluding carboxylic acids is 1. The average molecular weight is 258 g/mol. The maximum absolute atomic E-state index is 11.2. The van der Waals surface area contributed by atoms with Crippen molar-refractivity contribution in [3.63, 3.8) is 0 Å². The Morgan fingerprint density at radius 1 is 1.35 bits per heavy atom. The number of hydrogen-bond donors (Lipinski definition) is 4. The van der Waals surface area contributed by atoms with Gasteiger partial charge in [-0.2, -0.15) is 0 Å². The molecular formula is C9H14N4O3S. The number of amides is 1. The molecule has 1 aromatic carbocycles. The Labute approximate surface area is 99.0 Å². The molecule has 1 rings (SSSR count). The van der Waals surface area contributed by atoms with Crippen LogP contribution in [0, 0.1) is 0 Å². The second-order valence-electron chi connectivity index (χ2n) is 3.41. The minimum atomic E-state index is -3.85. The van der Waals surface area contributed by atoms with Crippen LogP contribution in [0.4, 0.5) is 11.4 Å². The number of primary sulfonamides is 1. The zero-order chi connectivity index (χ0) is 13.1. The number of hydrogen-bond acceptors (Lipinski definition) is 5. The van der Waals surface area contributed by atoms with Crippen LogP contribution in [0.25, 0.3) is 0 Å². The van der Waals surface area contributed by atoms with Crippen molar-refractivity contribution >= 4 is 27.3 Å². The highest BCUT2D eigenvalue weighted by molar-refractivity contribution is 7.89. The van der Waals surface area contributed by atoms with Crippen molar-refractivity contribution in [3.8, 4) is 0 Å². The molecule has 0 radical (unpaired) electrons. The molecule has 0 aliphatic carbocycles. The summed E-state index contributed by atoms with van der Waals surface area (Å²) in [5, 5.41) is 7.80. The fourth-order valence-corrected chi connectivity index (χ4v) is 1.95. The number of primary amides is 1. The zero-order valence-corrected chi connectivity index (χ0v) is 9.83. The van der Waals surface area contributed by atoms with Crippen LogP contribution < -0.4 is 21.9 Å². The molecule has 8 heteroatoms. The molecule has 0 fully saturated rings. The summed E-state index contributed by atoms with van der Waals surface area (Å²) in [7, 11) is -3.85. The normalized spacial score (nSPS) is 11.1. The lowest BCUT2D eigenvalue weighted by atomic mass is 10.2. The third kappa shape index (κ3) is 3.61. The van der Waals surface area contributed by atoms with Gasteiger partial charge in [-0.1, -0.05) is 6.07 Å². The Bertz CT molecular complexity index is 527. The molecule has 7 nitrogen and oxygen atoms in total. The fraction of sp³-hybridized carbons (Fsp3) is 0.222. The van der Waals surface area contributed by atoms with Gasteiger partial charge in [-0.05, 0) is 12.1 Å². The molecule has 0 aromatic heterocycles. The van der Waals surface area contributed by atoms with Crippen molar-refractivity contribution < 1.29 is 13.2 Å². The second-order valence-corrected chi connectivity index (χ2v) is 4.94. The van der Waals surface area contributed by atoms with E-state index in [9.17, 15) is 13.2 Å². The maximum Gasteiger partial charge on any atom is 0.240 e. The van der Waals surface area contributed by atoms with E-state index < -0.39 is 15.9 Å². The van der Waals surface area contributed by atoms with Gasteiger partial charge in [-0.15, -0.1) is 0 Å². The summed E-state index contributed by atoms with van der Waals surface area (Å²) in [6.07, 6.45) is 0.124. The van der Waals surface area contributed by atoms with Crippen LogP contribution >= 0.6 is 0 Å². The molecule has 17 heavy (non-hydrogen) atoms. The van der Waals surface area contributed by atoms with Crippen LogP contribution in [0.15, 0.2) is 23.1 Å². The zero-order valence-electron chi connectivity index (χ0n) is 9.01. The summed E-state index contributed by atoms with van der Waals surface area (Å²) in [6.45, 7) is 0.271. The third-order valence-electron chi connectivity index (χ3n) is 2.06. The van der Waals surface area contributed by atoms with E-state index in [1.54, 1.807) is 6.07 Å². The quantitative estimate of drug-likeness (QED) is 0.512. The van der Waals surface area contributed by atoms with Crippen LogP contribution in [0.1, 0.15) is 6.42 Å². The standard InChI is InChI=1S/C9H14N4O3S/c10-8(14)4-5-13-6-2-1-3-7(9(6)11)17(12,15)16/h1-3,13H,4-5,11H2,(H2,10,14)(H2,12,15,16). The van der Waals surface area contributed by atoms with Gasteiger partial charge in [0.1, 0.15) is 4.90 Å². The van der Waals surface area contributed by atoms with Gasteiger partial charge >= 0.3 is 0 Å². The monoisotopic (exact) mass is 258 g/mol. The summed E-state index contributed by atoms with van der Waals surface area (Å²) in [5.41, 5.74) is 11.0. The van der Waals surface area contributed by atoms with Gasteiger partial charge in [0.25, 0.3) is 0 Å². The van der Waals surface area contributed by atoms with E-state index in [1.165, 1.54) is 12.1 Å². The highest BCUT2D eigenvalue weighted by Gasteiger charge is 2.14. The Morgan fingerprint density at radius 2 is 2.00 bits per heavy atom. The molecule has 0 spiro atoms. The highest BCUT2D eigenvalue weighted by Crippen LogP contribution is 2.25. The number of benzene rings is 1. The van der Waals surface area contributed by atoms with Crippen molar-refractivity contribution in [1.29, 1.82) is 0 Å². The molecule has 0 atom stereocenters. The van der Waals surface area contributed by atoms with Crippen LogP contribution in [-0.2, 0) is 14.8 Å². The predicted octanol–water partition coefficient (Wildman–Crippen LogP) is -0.796. The Kier molecular flexibility index (Phi) is 3.92. The van der Waals surface area contributed by atoms with E-state index in [0.29, 0.717) is 5.69 Å². The van der Waals surface area contributed by atoms with E-state index in [4.69, 9.17) is 16.6 Å².